The lowest BCUT2D eigenvalue weighted by molar-refractivity contribution is -0.109. The Morgan fingerprint density at radius 3 is 2.37 bits per heavy atom. The number of carbonyl (C=O) groups excluding carboxylic acids is 1. The maximum absolute atomic E-state index is 11.3. The number of hydrogen-bond donors (Lipinski definition) is 0. The molecule has 104 valence electrons. The molecule has 4 heteroatoms. The van der Waals surface area contributed by atoms with Crippen molar-refractivity contribution in [3.05, 3.63) is 24.3 Å². The monoisotopic (exact) mass is 296 g/mol. The van der Waals surface area contributed by atoms with E-state index in [-0.39, 0.29) is 5.12 Å². The average Bonchev–Trinajstić information content (AvgIpc) is 2.41. The molecule has 1 fully saturated rings. The van der Waals surface area contributed by atoms with Gasteiger partial charge in [-0.15, -0.1) is 11.8 Å². The van der Waals surface area contributed by atoms with E-state index in [4.69, 9.17) is 4.74 Å². The minimum absolute atomic E-state index is 0.243. The number of ether oxygens (including phenoxy) is 1. The zero-order valence-electron chi connectivity index (χ0n) is 11.4. The topological polar surface area (TPSA) is 26.3 Å². The van der Waals surface area contributed by atoms with Crippen LogP contribution in [-0.4, -0.2) is 22.7 Å². The van der Waals surface area contributed by atoms with Crippen LogP contribution in [0.25, 0.3) is 0 Å². The summed E-state index contributed by atoms with van der Waals surface area (Å²) in [6.07, 6.45) is 4.91. The molecular formula is C15H20O2S2. The first-order valence-corrected chi connectivity index (χ1v) is 8.43. The van der Waals surface area contributed by atoms with Crippen molar-refractivity contribution in [2.45, 2.75) is 48.0 Å². The van der Waals surface area contributed by atoms with Crippen LogP contribution in [0, 0.1) is 0 Å². The lowest BCUT2D eigenvalue weighted by atomic mass is 10.00. The zero-order valence-corrected chi connectivity index (χ0v) is 13.1. The Kier molecular flexibility index (Phi) is 5.64. The lowest BCUT2D eigenvalue weighted by Crippen LogP contribution is -2.25. The number of thioether (sulfide) groups is 2. The van der Waals surface area contributed by atoms with E-state index >= 15 is 0 Å². The summed E-state index contributed by atoms with van der Waals surface area (Å²) >= 11 is 3.43. The molecule has 0 N–H and O–H groups in total. The van der Waals surface area contributed by atoms with Gasteiger partial charge in [-0.1, -0.05) is 24.6 Å². The van der Waals surface area contributed by atoms with Crippen LogP contribution in [0.5, 0.6) is 5.75 Å². The van der Waals surface area contributed by atoms with Crippen LogP contribution in [0.2, 0.25) is 0 Å². The molecule has 1 aromatic rings. The molecule has 0 amide bonds. The molecule has 2 nitrogen and oxygen atoms in total. The molecule has 2 atom stereocenters. The van der Waals surface area contributed by atoms with E-state index in [1.165, 1.54) is 35.9 Å². The molecule has 0 bridgehead atoms. The molecule has 0 aliphatic heterocycles. The second kappa shape index (κ2) is 7.25. The SMILES string of the molecule is COc1ccc(SC2CCCCC2SC(C)=O)cc1. The highest BCUT2D eigenvalue weighted by Gasteiger charge is 2.27. The number of hydrogen-bond acceptors (Lipinski definition) is 4. The molecule has 1 aliphatic rings. The van der Waals surface area contributed by atoms with Crippen molar-refractivity contribution in [1.82, 2.24) is 0 Å². The molecule has 1 aromatic carbocycles. The molecule has 1 aliphatic carbocycles. The quantitative estimate of drug-likeness (QED) is 0.823. The Labute approximate surface area is 123 Å². The summed E-state index contributed by atoms with van der Waals surface area (Å²) in [7, 11) is 1.68. The van der Waals surface area contributed by atoms with Gasteiger partial charge in [0.2, 0.25) is 0 Å². The van der Waals surface area contributed by atoms with Gasteiger partial charge in [0.15, 0.2) is 5.12 Å². The van der Waals surface area contributed by atoms with Crippen molar-refractivity contribution in [3.63, 3.8) is 0 Å². The maximum Gasteiger partial charge on any atom is 0.186 e. The summed E-state index contributed by atoms with van der Waals surface area (Å²) in [4.78, 5) is 12.6. The second-order valence-corrected chi connectivity index (χ2v) is 7.49. The fourth-order valence-electron chi connectivity index (χ4n) is 2.37. The van der Waals surface area contributed by atoms with Gasteiger partial charge in [0.1, 0.15) is 5.75 Å². The second-order valence-electron chi connectivity index (χ2n) is 4.76. The van der Waals surface area contributed by atoms with Gasteiger partial charge < -0.3 is 4.74 Å². The van der Waals surface area contributed by atoms with Crippen LogP contribution in [0.4, 0.5) is 0 Å². The average molecular weight is 296 g/mol. The zero-order chi connectivity index (χ0) is 13.7. The molecule has 2 rings (SSSR count). The van der Waals surface area contributed by atoms with Gasteiger partial charge in [-0.05, 0) is 37.1 Å². The van der Waals surface area contributed by atoms with Crippen molar-refractivity contribution in [2.24, 2.45) is 0 Å². The largest absolute Gasteiger partial charge is 0.497 e. The minimum atomic E-state index is 0.243. The van der Waals surface area contributed by atoms with Crippen molar-refractivity contribution in [1.29, 1.82) is 0 Å². The van der Waals surface area contributed by atoms with Gasteiger partial charge >= 0.3 is 0 Å². The predicted octanol–water partition coefficient (Wildman–Crippen LogP) is 4.38. The van der Waals surface area contributed by atoms with Gasteiger partial charge in [-0.3, -0.25) is 4.79 Å². The van der Waals surface area contributed by atoms with Crippen LogP contribution in [0.1, 0.15) is 32.6 Å². The third kappa shape index (κ3) is 4.46. The first-order valence-electron chi connectivity index (χ1n) is 6.67. The molecule has 0 radical (unpaired) electrons. The number of benzene rings is 1. The van der Waals surface area contributed by atoms with E-state index in [1.807, 2.05) is 23.9 Å². The van der Waals surface area contributed by atoms with Gasteiger partial charge in [0.05, 0.1) is 7.11 Å². The maximum atomic E-state index is 11.3. The third-order valence-corrected chi connectivity index (χ3v) is 6.09. The predicted molar refractivity (Wildman–Crippen MR) is 83.2 cm³/mol. The Bertz CT molecular complexity index is 417. The first kappa shape index (κ1) is 14.8. The van der Waals surface area contributed by atoms with Gasteiger partial charge in [-0.2, -0.15) is 0 Å². The highest BCUT2D eigenvalue weighted by atomic mass is 32.2. The van der Waals surface area contributed by atoms with E-state index in [2.05, 4.69) is 12.1 Å². The van der Waals surface area contributed by atoms with Gasteiger partial charge in [0, 0.05) is 22.3 Å². The van der Waals surface area contributed by atoms with Crippen LogP contribution < -0.4 is 4.74 Å². The summed E-state index contributed by atoms with van der Waals surface area (Å²) < 4.78 is 5.17. The smallest absolute Gasteiger partial charge is 0.186 e. The van der Waals surface area contributed by atoms with Crippen molar-refractivity contribution >= 4 is 28.6 Å². The van der Waals surface area contributed by atoms with Gasteiger partial charge in [0.25, 0.3) is 0 Å². The minimum Gasteiger partial charge on any atom is -0.497 e. The molecule has 2 unspecified atom stereocenters. The van der Waals surface area contributed by atoms with E-state index in [1.54, 1.807) is 14.0 Å². The van der Waals surface area contributed by atoms with Crippen LogP contribution in [0.3, 0.4) is 0 Å². The standard InChI is InChI=1S/C15H20O2S2/c1-11(16)18-14-5-3-4-6-15(14)19-13-9-7-12(17-2)8-10-13/h7-10,14-15H,3-6H2,1-2H3. The van der Waals surface area contributed by atoms with Crippen LogP contribution in [0.15, 0.2) is 29.2 Å². The summed E-state index contributed by atoms with van der Waals surface area (Å²) in [5, 5.41) is 1.27. The number of rotatable bonds is 4. The lowest BCUT2D eigenvalue weighted by Gasteiger charge is -2.29. The summed E-state index contributed by atoms with van der Waals surface area (Å²) in [5.74, 6) is 0.891. The van der Waals surface area contributed by atoms with E-state index in [9.17, 15) is 4.79 Å². The molecule has 19 heavy (non-hydrogen) atoms. The van der Waals surface area contributed by atoms with Crippen molar-refractivity contribution < 1.29 is 9.53 Å². The van der Waals surface area contributed by atoms with E-state index in [0.29, 0.717) is 10.5 Å². The molecular weight excluding hydrogens is 276 g/mol. The molecule has 0 heterocycles. The first-order chi connectivity index (χ1) is 9.19. The van der Waals surface area contributed by atoms with E-state index < -0.39 is 0 Å². The summed E-state index contributed by atoms with van der Waals surface area (Å²) in [6, 6.07) is 8.21. The van der Waals surface area contributed by atoms with Crippen LogP contribution >= 0.6 is 23.5 Å². The normalized spacial score (nSPS) is 23.1. The number of methoxy groups -OCH3 is 1. The Morgan fingerprint density at radius 1 is 1.16 bits per heavy atom. The summed E-state index contributed by atoms with van der Waals surface area (Å²) in [5.41, 5.74) is 0. The van der Waals surface area contributed by atoms with Crippen molar-refractivity contribution in [3.8, 4) is 5.75 Å². The Hall–Kier alpha value is -0.610. The third-order valence-electron chi connectivity index (χ3n) is 3.31. The fraction of sp³-hybridized carbons (Fsp3) is 0.533. The molecule has 0 spiro atoms. The number of carbonyl (C=O) groups is 1. The highest BCUT2D eigenvalue weighted by Crippen LogP contribution is 2.39. The van der Waals surface area contributed by atoms with E-state index in [0.717, 1.165) is 12.2 Å². The van der Waals surface area contributed by atoms with Gasteiger partial charge in [-0.25, -0.2) is 0 Å². The fourth-order valence-corrected chi connectivity index (χ4v) is 4.92. The Balaban J connectivity index is 1.99. The summed E-state index contributed by atoms with van der Waals surface area (Å²) in [6.45, 7) is 1.67. The highest BCUT2D eigenvalue weighted by molar-refractivity contribution is 8.15. The Morgan fingerprint density at radius 2 is 1.79 bits per heavy atom. The molecule has 0 saturated heterocycles. The molecule has 1 saturated carbocycles. The van der Waals surface area contributed by atoms with Crippen LogP contribution in [-0.2, 0) is 4.79 Å². The van der Waals surface area contributed by atoms with Crippen molar-refractivity contribution in [2.75, 3.05) is 7.11 Å². The molecule has 0 aromatic heterocycles.